The van der Waals surface area contributed by atoms with Gasteiger partial charge in [0.1, 0.15) is 17.6 Å². The molecular formula is C23H28O4. The largest absolute Gasteiger partial charge is 0.493 e. The lowest BCUT2D eigenvalue weighted by molar-refractivity contribution is 0.155. The van der Waals surface area contributed by atoms with E-state index in [1.807, 2.05) is 18.2 Å². The molecule has 0 radical (unpaired) electrons. The lowest BCUT2D eigenvalue weighted by Crippen LogP contribution is -2.20. The van der Waals surface area contributed by atoms with Crippen LogP contribution in [0.15, 0.2) is 48.5 Å². The molecule has 0 bridgehead atoms. The summed E-state index contributed by atoms with van der Waals surface area (Å²) in [5, 5.41) is 0. The van der Waals surface area contributed by atoms with Crippen LogP contribution in [0.5, 0.6) is 11.5 Å². The molecule has 0 N–H and O–H groups in total. The molecule has 2 fully saturated rings. The molecule has 0 saturated carbocycles. The van der Waals surface area contributed by atoms with Gasteiger partial charge in [-0.2, -0.15) is 0 Å². The van der Waals surface area contributed by atoms with Crippen LogP contribution in [0.3, 0.4) is 0 Å². The Hall–Kier alpha value is -2.04. The lowest BCUT2D eigenvalue weighted by atomic mass is 10.1. The fourth-order valence-electron chi connectivity index (χ4n) is 3.29. The third kappa shape index (κ3) is 5.47. The molecule has 2 heterocycles. The van der Waals surface area contributed by atoms with Crippen LogP contribution in [0.1, 0.15) is 30.9 Å². The number of para-hydroxylation sites is 2. The summed E-state index contributed by atoms with van der Waals surface area (Å²) in [4.78, 5) is 0. The minimum atomic E-state index is 0.144. The Morgan fingerprint density at radius 3 is 2.04 bits per heavy atom. The average molecular weight is 368 g/mol. The van der Waals surface area contributed by atoms with E-state index in [1.54, 1.807) is 0 Å². The Balaban J connectivity index is 1.31. The van der Waals surface area contributed by atoms with Crippen molar-refractivity contribution in [1.29, 1.82) is 0 Å². The second kappa shape index (κ2) is 8.77. The molecule has 3 atom stereocenters. The van der Waals surface area contributed by atoms with Crippen LogP contribution in [0, 0.1) is 0 Å². The van der Waals surface area contributed by atoms with Gasteiger partial charge in [0.05, 0.1) is 32.0 Å². The summed E-state index contributed by atoms with van der Waals surface area (Å²) < 4.78 is 23.1. The smallest absolute Gasteiger partial charge is 0.123 e. The summed E-state index contributed by atoms with van der Waals surface area (Å²) in [6.07, 6.45) is 4.55. The number of benzene rings is 2. The van der Waals surface area contributed by atoms with Crippen LogP contribution < -0.4 is 9.47 Å². The average Bonchev–Trinajstić information content (AvgIpc) is 3.60. The quantitative estimate of drug-likeness (QED) is 0.558. The van der Waals surface area contributed by atoms with Gasteiger partial charge in [0, 0.05) is 19.3 Å². The molecule has 0 amide bonds. The second-order valence-electron chi connectivity index (χ2n) is 7.32. The third-order valence-corrected chi connectivity index (χ3v) is 5.09. The molecular weight excluding hydrogens is 340 g/mol. The van der Waals surface area contributed by atoms with Gasteiger partial charge >= 0.3 is 0 Å². The predicted molar refractivity (Wildman–Crippen MR) is 105 cm³/mol. The molecule has 3 unspecified atom stereocenters. The van der Waals surface area contributed by atoms with Crippen molar-refractivity contribution in [2.24, 2.45) is 0 Å². The highest BCUT2D eigenvalue weighted by Crippen LogP contribution is 2.27. The summed E-state index contributed by atoms with van der Waals surface area (Å²) in [6.45, 7) is 4.54. The van der Waals surface area contributed by atoms with E-state index in [4.69, 9.17) is 18.9 Å². The zero-order valence-electron chi connectivity index (χ0n) is 15.9. The van der Waals surface area contributed by atoms with E-state index >= 15 is 0 Å². The van der Waals surface area contributed by atoms with E-state index in [0.717, 1.165) is 50.4 Å². The number of epoxide rings is 2. The molecule has 0 aromatic heterocycles. The number of hydrogen-bond donors (Lipinski definition) is 0. The van der Waals surface area contributed by atoms with Gasteiger partial charge in [-0.05, 0) is 29.7 Å². The number of rotatable bonds is 11. The van der Waals surface area contributed by atoms with Crippen molar-refractivity contribution in [3.63, 3.8) is 0 Å². The van der Waals surface area contributed by atoms with Crippen LogP contribution >= 0.6 is 0 Å². The van der Waals surface area contributed by atoms with Gasteiger partial charge in [-0.1, -0.05) is 43.3 Å². The highest BCUT2D eigenvalue weighted by Gasteiger charge is 2.25. The van der Waals surface area contributed by atoms with Crippen molar-refractivity contribution in [3.05, 3.63) is 59.7 Å². The molecule has 27 heavy (non-hydrogen) atoms. The SMILES string of the molecule is CCC(CCOc1ccccc1CC1CO1)Oc1ccccc1CC1CO1. The van der Waals surface area contributed by atoms with Gasteiger partial charge in [-0.15, -0.1) is 0 Å². The zero-order valence-corrected chi connectivity index (χ0v) is 15.9. The van der Waals surface area contributed by atoms with E-state index in [0.29, 0.717) is 18.8 Å². The predicted octanol–water partition coefficient (Wildman–Crippen LogP) is 4.20. The molecule has 2 aromatic carbocycles. The lowest BCUT2D eigenvalue weighted by Gasteiger charge is -2.20. The van der Waals surface area contributed by atoms with E-state index in [2.05, 4.69) is 37.3 Å². The Morgan fingerprint density at radius 1 is 0.889 bits per heavy atom. The monoisotopic (exact) mass is 368 g/mol. The first-order chi connectivity index (χ1) is 13.3. The van der Waals surface area contributed by atoms with Crippen molar-refractivity contribution in [1.82, 2.24) is 0 Å². The van der Waals surface area contributed by atoms with Gasteiger partial charge in [0.25, 0.3) is 0 Å². The molecule has 0 aliphatic carbocycles. The van der Waals surface area contributed by atoms with Crippen molar-refractivity contribution < 1.29 is 18.9 Å². The fraction of sp³-hybridized carbons (Fsp3) is 0.478. The van der Waals surface area contributed by atoms with Crippen LogP contribution in [0.4, 0.5) is 0 Å². The molecule has 0 spiro atoms. The maximum absolute atomic E-state index is 6.31. The van der Waals surface area contributed by atoms with Crippen LogP contribution in [-0.2, 0) is 22.3 Å². The van der Waals surface area contributed by atoms with Gasteiger partial charge in [-0.3, -0.25) is 0 Å². The molecule has 144 valence electrons. The topological polar surface area (TPSA) is 43.5 Å². The van der Waals surface area contributed by atoms with Gasteiger partial charge < -0.3 is 18.9 Å². The maximum atomic E-state index is 6.31. The summed E-state index contributed by atoms with van der Waals surface area (Å²) in [6, 6.07) is 16.6. The fourth-order valence-corrected chi connectivity index (χ4v) is 3.29. The molecule has 2 aromatic rings. The summed E-state index contributed by atoms with van der Waals surface area (Å²) in [5.41, 5.74) is 2.46. The first kappa shape index (κ1) is 18.3. The standard InChI is InChI=1S/C23H28O4/c1-2-19(27-23-10-6-4-8-18(23)14-21-16-26-21)11-12-24-22-9-5-3-7-17(22)13-20-15-25-20/h3-10,19-21H,2,11-16H2,1H3. The Labute approximate surface area is 161 Å². The van der Waals surface area contributed by atoms with Crippen LogP contribution in [0.25, 0.3) is 0 Å². The van der Waals surface area contributed by atoms with Crippen LogP contribution in [-0.4, -0.2) is 38.1 Å². The zero-order chi connectivity index (χ0) is 18.5. The first-order valence-electron chi connectivity index (χ1n) is 10.00. The molecule has 2 saturated heterocycles. The van der Waals surface area contributed by atoms with Crippen molar-refractivity contribution in [3.8, 4) is 11.5 Å². The molecule has 4 nitrogen and oxygen atoms in total. The normalized spacial score (nSPS) is 21.5. The highest BCUT2D eigenvalue weighted by molar-refractivity contribution is 5.35. The van der Waals surface area contributed by atoms with E-state index < -0.39 is 0 Å². The Kier molecular flexibility index (Phi) is 5.95. The van der Waals surface area contributed by atoms with Gasteiger partial charge in [-0.25, -0.2) is 0 Å². The van der Waals surface area contributed by atoms with E-state index in [9.17, 15) is 0 Å². The summed E-state index contributed by atoms with van der Waals surface area (Å²) in [7, 11) is 0. The highest BCUT2D eigenvalue weighted by atomic mass is 16.6. The van der Waals surface area contributed by atoms with Crippen molar-refractivity contribution in [2.75, 3.05) is 19.8 Å². The van der Waals surface area contributed by atoms with Crippen molar-refractivity contribution in [2.45, 2.75) is 50.9 Å². The summed E-state index contributed by atoms with van der Waals surface area (Å²) >= 11 is 0. The first-order valence-corrected chi connectivity index (χ1v) is 10.00. The van der Waals surface area contributed by atoms with Crippen molar-refractivity contribution >= 4 is 0 Å². The molecule has 4 rings (SSSR count). The Bertz CT molecular complexity index is 737. The molecule has 2 aliphatic rings. The maximum Gasteiger partial charge on any atom is 0.123 e. The Morgan fingerprint density at radius 2 is 1.44 bits per heavy atom. The minimum absolute atomic E-state index is 0.144. The summed E-state index contributed by atoms with van der Waals surface area (Å²) in [5.74, 6) is 1.94. The van der Waals surface area contributed by atoms with E-state index in [-0.39, 0.29) is 6.10 Å². The number of hydrogen-bond acceptors (Lipinski definition) is 4. The van der Waals surface area contributed by atoms with E-state index in [1.165, 1.54) is 11.1 Å². The van der Waals surface area contributed by atoms with Gasteiger partial charge in [0.15, 0.2) is 0 Å². The molecule has 2 aliphatic heterocycles. The third-order valence-electron chi connectivity index (χ3n) is 5.09. The minimum Gasteiger partial charge on any atom is -0.493 e. The molecule has 4 heteroatoms. The second-order valence-corrected chi connectivity index (χ2v) is 7.32. The van der Waals surface area contributed by atoms with Gasteiger partial charge in [0.2, 0.25) is 0 Å². The van der Waals surface area contributed by atoms with Crippen LogP contribution in [0.2, 0.25) is 0 Å². The number of ether oxygens (including phenoxy) is 4.